The van der Waals surface area contributed by atoms with E-state index in [1.54, 1.807) is 12.1 Å². The first-order chi connectivity index (χ1) is 12.0. The summed E-state index contributed by atoms with van der Waals surface area (Å²) in [5, 5.41) is 5.88. The van der Waals surface area contributed by atoms with Gasteiger partial charge in [0.25, 0.3) is 0 Å². The van der Waals surface area contributed by atoms with E-state index in [1.807, 2.05) is 6.92 Å². The number of ether oxygens (including phenoxy) is 2. The fourth-order valence-corrected chi connectivity index (χ4v) is 4.37. The molecule has 2 atom stereocenters. The maximum atomic E-state index is 12.7. The molecule has 2 heterocycles. The molecule has 1 aromatic carbocycles. The number of nitrogens with one attached hydrogen (secondary N) is 2. The van der Waals surface area contributed by atoms with Crippen LogP contribution in [0.1, 0.15) is 6.92 Å². The molecule has 25 heavy (non-hydrogen) atoms. The van der Waals surface area contributed by atoms with Crippen molar-refractivity contribution >= 4 is 21.6 Å². The fraction of sp³-hybridized carbons (Fsp3) is 0.562. The van der Waals surface area contributed by atoms with Crippen LogP contribution < -0.4 is 10.6 Å². The number of amides is 1. The first kappa shape index (κ1) is 18.3. The van der Waals surface area contributed by atoms with Crippen molar-refractivity contribution in [3.05, 3.63) is 24.3 Å². The lowest BCUT2D eigenvalue weighted by atomic mass is 10.1. The SMILES string of the molecule is C[C@H]1OCCN[C@@H]1C(=O)Nc1cccc(S(=O)(=O)N2CCOCC2)c1. The quantitative estimate of drug-likeness (QED) is 0.777. The lowest BCUT2D eigenvalue weighted by Gasteiger charge is -2.29. The number of hydrogen-bond acceptors (Lipinski definition) is 6. The van der Waals surface area contributed by atoms with E-state index < -0.39 is 16.1 Å². The summed E-state index contributed by atoms with van der Waals surface area (Å²) in [4.78, 5) is 12.6. The molecule has 0 bridgehead atoms. The Hall–Kier alpha value is -1.52. The second-order valence-electron chi connectivity index (χ2n) is 6.04. The Morgan fingerprint density at radius 2 is 2.04 bits per heavy atom. The molecular weight excluding hydrogens is 346 g/mol. The van der Waals surface area contributed by atoms with Crippen LogP contribution in [0.2, 0.25) is 0 Å². The van der Waals surface area contributed by atoms with E-state index in [-0.39, 0.29) is 16.9 Å². The van der Waals surface area contributed by atoms with Gasteiger partial charge in [0.05, 0.1) is 30.8 Å². The lowest BCUT2D eigenvalue weighted by Crippen LogP contribution is -2.53. The molecule has 2 saturated heterocycles. The third-order valence-corrected chi connectivity index (χ3v) is 6.20. The average Bonchev–Trinajstić information content (AvgIpc) is 2.63. The van der Waals surface area contributed by atoms with Gasteiger partial charge in [-0.25, -0.2) is 8.42 Å². The van der Waals surface area contributed by atoms with Gasteiger partial charge in [0, 0.05) is 25.3 Å². The number of nitrogens with zero attached hydrogens (tertiary/aromatic N) is 1. The summed E-state index contributed by atoms with van der Waals surface area (Å²) < 4.78 is 37.5. The van der Waals surface area contributed by atoms with Crippen LogP contribution in [-0.4, -0.2) is 70.2 Å². The maximum absolute atomic E-state index is 12.7. The Morgan fingerprint density at radius 1 is 1.28 bits per heavy atom. The Bertz CT molecular complexity index is 718. The Labute approximate surface area is 147 Å². The third-order valence-electron chi connectivity index (χ3n) is 4.31. The minimum absolute atomic E-state index is 0.160. The van der Waals surface area contributed by atoms with Gasteiger partial charge in [-0.05, 0) is 25.1 Å². The second kappa shape index (κ2) is 7.79. The lowest BCUT2D eigenvalue weighted by molar-refractivity contribution is -0.123. The molecule has 2 N–H and O–H groups in total. The van der Waals surface area contributed by atoms with Gasteiger partial charge in [-0.1, -0.05) is 6.07 Å². The van der Waals surface area contributed by atoms with Gasteiger partial charge in [0.2, 0.25) is 15.9 Å². The molecule has 3 rings (SSSR count). The van der Waals surface area contributed by atoms with Crippen LogP contribution in [0.15, 0.2) is 29.2 Å². The highest BCUT2D eigenvalue weighted by molar-refractivity contribution is 7.89. The van der Waals surface area contributed by atoms with Gasteiger partial charge in [-0.2, -0.15) is 4.31 Å². The number of benzene rings is 1. The molecule has 2 aliphatic heterocycles. The molecule has 0 saturated carbocycles. The molecule has 0 spiro atoms. The van der Waals surface area contributed by atoms with Crippen molar-refractivity contribution in [3.8, 4) is 0 Å². The largest absolute Gasteiger partial charge is 0.379 e. The van der Waals surface area contributed by atoms with Crippen LogP contribution in [0.3, 0.4) is 0 Å². The normalized spacial score (nSPS) is 25.5. The smallest absolute Gasteiger partial charge is 0.244 e. The minimum Gasteiger partial charge on any atom is -0.379 e. The summed E-state index contributed by atoms with van der Waals surface area (Å²) in [5.74, 6) is -0.242. The van der Waals surface area contributed by atoms with Crippen molar-refractivity contribution in [2.45, 2.75) is 24.0 Å². The molecule has 0 aromatic heterocycles. The average molecular weight is 369 g/mol. The van der Waals surface area contributed by atoms with Gasteiger partial charge in [0.1, 0.15) is 6.04 Å². The van der Waals surface area contributed by atoms with Crippen LogP contribution >= 0.6 is 0 Å². The van der Waals surface area contributed by atoms with Gasteiger partial charge < -0.3 is 20.1 Å². The fourth-order valence-electron chi connectivity index (χ4n) is 2.92. The molecule has 0 unspecified atom stereocenters. The minimum atomic E-state index is -3.59. The number of sulfonamides is 1. The number of carbonyl (C=O) groups excluding carboxylic acids is 1. The number of rotatable bonds is 4. The summed E-state index contributed by atoms with van der Waals surface area (Å²) in [5.41, 5.74) is 0.443. The van der Waals surface area contributed by atoms with Crippen LogP contribution in [0.25, 0.3) is 0 Å². The summed E-state index contributed by atoms with van der Waals surface area (Å²) in [7, 11) is -3.59. The van der Waals surface area contributed by atoms with Crippen LogP contribution in [0.5, 0.6) is 0 Å². The van der Waals surface area contributed by atoms with E-state index in [2.05, 4.69) is 10.6 Å². The van der Waals surface area contributed by atoms with E-state index in [4.69, 9.17) is 9.47 Å². The number of anilines is 1. The maximum Gasteiger partial charge on any atom is 0.244 e. The Morgan fingerprint density at radius 3 is 2.76 bits per heavy atom. The van der Waals surface area contributed by atoms with Gasteiger partial charge in [-0.3, -0.25) is 4.79 Å². The van der Waals surface area contributed by atoms with Crippen molar-refractivity contribution in [1.29, 1.82) is 0 Å². The molecule has 1 aromatic rings. The Balaban J connectivity index is 1.73. The third kappa shape index (κ3) is 4.18. The molecule has 2 aliphatic rings. The van der Waals surface area contributed by atoms with Crippen molar-refractivity contribution in [2.24, 2.45) is 0 Å². The highest BCUT2D eigenvalue weighted by Gasteiger charge is 2.29. The highest BCUT2D eigenvalue weighted by atomic mass is 32.2. The zero-order chi connectivity index (χ0) is 17.9. The standard InChI is InChI=1S/C16H23N3O5S/c1-12-15(17-5-8-24-12)16(20)18-13-3-2-4-14(11-13)25(21,22)19-6-9-23-10-7-19/h2-4,11-12,15,17H,5-10H2,1H3,(H,18,20)/t12-,15+/m1/s1. The van der Waals surface area contributed by atoms with Gasteiger partial charge >= 0.3 is 0 Å². The van der Waals surface area contributed by atoms with E-state index >= 15 is 0 Å². The molecule has 1 amide bonds. The predicted octanol–water partition coefficient (Wildman–Crippen LogP) is 0.0229. The number of morpholine rings is 2. The predicted molar refractivity (Wildman–Crippen MR) is 91.9 cm³/mol. The van der Waals surface area contributed by atoms with E-state index in [9.17, 15) is 13.2 Å². The van der Waals surface area contributed by atoms with Crippen LogP contribution in [0, 0.1) is 0 Å². The molecule has 0 radical (unpaired) electrons. The van der Waals surface area contributed by atoms with Gasteiger partial charge in [0.15, 0.2) is 0 Å². The van der Waals surface area contributed by atoms with E-state index in [0.717, 1.165) is 0 Å². The summed E-state index contributed by atoms with van der Waals surface area (Å²) in [6, 6.07) is 5.84. The van der Waals surface area contributed by atoms with Crippen LogP contribution in [-0.2, 0) is 24.3 Å². The zero-order valence-corrected chi connectivity index (χ0v) is 14.9. The highest BCUT2D eigenvalue weighted by Crippen LogP contribution is 2.21. The summed E-state index contributed by atoms with van der Waals surface area (Å²) >= 11 is 0. The molecule has 0 aliphatic carbocycles. The Kier molecular flexibility index (Phi) is 5.70. The topological polar surface area (TPSA) is 97.0 Å². The summed E-state index contributed by atoms with van der Waals surface area (Å²) in [6.07, 6.45) is -0.242. The molecule has 2 fully saturated rings. The zero-order valence-electron chi connectivity index (χ0n) is 14.1. The van der Waals surface area contributed by atoms with Crippen LogP contribution in [0.4, 0.5) is 5.69 Å². The molecule has 9 heteroatoms. The second-order valence-corrected chi connectivity index (χ2v) is 7.98. The molecule has 8 nitrogen and oxygen atoms in total. The van der Waals surface area contributed by atoms with Crippen molar-refractivity contribution < 1.29 is 22.7 Å². The first-order valence-electron chi connectivity index (χ1n) is 8.32. The summed E-state index contributed by atoms with van der Waals surface area (Å²) in [6.45, 7) is 4.45. The molecular formula is C16H23N3O5S. The van der Waals surface area contributed by atoms with E-state index in [1.165, 1.54) is 16.4 Å². The number of carbonyl (C=O) groups is 1. The number of hydrogen-bond donors (Lipinski definition) is 2. The van der Waals surface area contributed by atoms with E-state index in [0.29, 0.717) is 45.1 Å². The van der Waals surface area contributed by atoms with Crippen molar-refractivity contribution in [2.75, 3.05) is 44.8 Å². The van der Waals surface area contributed by atoms with Crippen molar-refractivity contribution in [1.82, 2.24) is 9.62 Å². The first-order valence-corrected chi connectivity index (χ1v) is 9.76. The van der Waals surface area contributed by atoms with Gasteiger partial charge in [-0.15, -0.1) is 0 Å². The monoisotopic (exact) mass is 369 g/mol. The molecule has 138 valence electrons. The van der Waals surface area contributed by atoms with Crippen molar-refractivity contribution in [3.63, 3.8) is 0 Å².